The van der Waals surface area contributed by atoms with E-state index in [1.807, 2.05) is 44.2 Å². The Labute approximate surface area is 154 Å². The van der Waals surface area contributed by atoms with Crippen molar-refractivity contribution in [1.82, 2.24) is 0 Å². The Morgan fingerprint density at radius 2 is 1.58 bits per heavy atom. The molecule has 0 radical (unpaired) electrons. The smallest absolute Gasteiger partial charge is 0.246 e. The highest BCUT2D eigenvalue weighted by atomic mass is 16.5. The highest BCUT2D eigenvalue weighted by Gasteiger charge is 2.19. The number of benzene rings is 2. The topological polar surface area (TPSA) is 60.0 Å². The quantitative estimate of drug-likeness (QED) is 0.782. The summed E-state index contributed by atoms with van der Waals surface area (Å²) in [6, 6.07) is 13.2. The van der Waals surface area contributed by atoms with Gasteiger partial charge in [0.2, 0.25) is 11.7 Å². The maximum absolute atomic E-state index is 12.8. The lowest BCUT2D eigenvalue weighted by atomic mass is 10.2. The van der Waals surface area contributed by atoms with Crippen LogP contribution in [0.25, 0.3) is 0 Å². The molecule has 6 nitrogen and oxygen atoms in total. The third kappa shape index (κ3) is 4.39. The number of nitrogens with zero attached hydrogens (tertiary/aromatic N) is 1. The second kappa shape index (κ2) is 8.99. The number of methoxy groups -OCH3 is 3. The molecule has 0 spiro atoms. The number of para-hydroxylation sites is 1. The van der Waals surface area contributed by atoms with E-state index in [2.05, 4.69) is 5.32 Å². The van der Waals surface area contributed by atoms with E-state index >= 15 is 0 Å². The van der Waals surface area contributed by atoms with Gasteiger partial charge in [0, 0.05) is 29.5 Å². The van der Waals surface area contributed by atoms with Crippen LogP contribution < -0.4 is 24.4 Å². The molecule has 0 aromatic heterocycles. The fourth-order valence-corrected chi connectivity index (χ4v) is 2.76. The van der Waals surface area contributed by atoms with Crippen LogP contribution in [0.3, 0.4) is 0 Å². The van der Waals surface area contributed by atoms with Crippen molar-refractivity contribution >= 4 is 17.3 Å². The maximum Gasteiger partial charge on any atom is 0.246 e. The van der Waals surface area contributed by atoms with Crippen molar-refractivity contribution in [3.63, 3.8) is 0 Å². The summed E-state index contributed by atoms with van der Waals surface area (Å²) in [5.74, 6) is 1.55. The highest BCUT2D eigenvalue weighted by molar-refractivity contribution is 5.96. The van der Waals surface area contributed by atoms with Crippen molar-refractivity contribution in [2.45, 2.75) is 19.9 Å². The van der Waals surface area contributed by atoms with Crippen LogP contribution in [0.5, 0.6) is 17.2 Å². The third-order valence-corrected chi connectivity index (χ3v) is 3.93. The van der Waals surface area contributed by atoms with Gasteiger partial charge in [-0.2, -0.15) is 0 Å². The minimum atomic E-state index is -0.0278. The molecule has 1 amide bonds. The number of amides is 1. The lowest BCUT2D eigenvalue weighted by molar-refractivity contribution is -0.117. The number of hydrogen-bond acceptors (Lipinski definition) is 5. The van der Waals surface area contributed by atoms with Crippen LogP contribution >= 0.6 is 0 Å². The number of nitrogens with one attached hydrogen (secondary N) is 1. The summed E-state index contributed by atoms with van der Waals surface area (Å²) in [5.41, 5.74) is 1.59. The first-order valence-corrected chi connectivity index (χ1v) is 8.42. The average molecular weight is 358 g/mol. The molecule has 0 saturated carbocycles. The maximum atomic E-state index is 12.8. The van der Waals surface area contributed by atoms with Crippen molar-refractivity contribution in [2.75, 3.05) is 38.1 Å². The number of rotatable bonds is 8. The Hall–Kier alpha value is -2.89. The summed E-state index contributed by atoms with van der Waals surface area (Å²) in [7, 11) is 4.67. The summed E-state index contributed by atoms with van der Waals surface area (Å²) in [6.07, 6.45) is 0. The molecule has 0 heterocycles. The predicted octanol–water partition coefficient (Wildman–Crippen LogP) is 3.57. The highest BCUT2D eigenvalue weighted by Crippen LogP contribution is 2.39. The molecular formula is C20H26N2O4. The molecule has 140 valence electrons. The number of carbonyl (C=O) groups is 1. The van der Waals surface area contributed by atoms with E-state index in [1.165, 1.54) is 0 Å². The molecular weight excluding hydrogens is 332 g/mol. The van der Waals surface area contributed by atoms with E-state index in [-0.39, 0.29) is 18.5 Å². The Balaban J connectivity index is 2.18. The molecule has 2 aromatic rings. The number of ether oxygens (including phenoxy) is 3. The first kappa shape index (κ1) is 19.4. The minimum absolute atomic E-state index is 0.0278. The zero-order valence-electron chi connectivity index (χ0n) is 15.9. The molecule has 2 rings (SSSR count). The molecule has 0 aliphatic carbocycles. The van der Waals surface area contributed by atoms with Gasteiger partial charge in [-0.1, -0.05) is 18.2 Å². The Morgan fingerprint density at radius 3 is 2.04 bits per heavy atom. The molecule has 6 heteroatoms. The van der Waals surface area contributed by atoms with E-state index in [1.54, 1.807) is 38.4 Å². The van der Waals surface area contributed by atoms with Gasteiger partial charge in [0.25, 0.3) is 0 Å². The number of anilines is 2. The van der Waals surface area contributed by atoms with Crippen LogP contribution in [0, 0.1) is 0 Å². The number of carbonyl (C=O) groups excluding carboxylic acids is 1. The molecule has 0 bridgehead atoms. The summed E-state index contributed by atoms with van der Waals surface area (Å²) in [4.78, 5) is 14.5. The van der Waals surface area contributed by atoms with Crippen LogP contribution in [0.1, 0.15) is 13.8 Å². The van der Waals surface area contributed by atoms with Crippen molar-refractivity contribution in [3.8, 4) is 17.2 Å². The molecule has 0 aliphatic heterocycles. The van der Waals surface area contributed by atoms with Gasteiger partial charge in [-0.05, 0) is 26.0 Å². The predicted molar refractivity (Wildman–Crippen MR) is 104 cm³/mol. The van der Waals surface area contributed by atoms with Crippen LogP contribution in [-0.4, -0.2) is 39.8 Å². The van der Waals surface area contributed by atoms with Gasteiger partial charge in [-0.3, -0.25) is 4.79 Å². The SMILES string of the molecule is COc1cc(NCC(=O)N(c2ccccc2)C(C)C)cc(OC)c1OC. The monoisotopic (exact) mass is 358 g/mol. The second-order valence-corrected chi connectivity index (χ2v) is 5.96. The minimum Gasteiger partial charge on any atom is -0.493 e. The molecule has 0 saturated heterocycles. The van der Waals surface area contributed by atoms with Crippen molar-refractivity contribution in [1.29, 1.82) is 0 Å². The van der Waals surface area contributed by atoms with Crippen molar-refractivity contribution in [2.24, 2.45) is 0 Å². The van der Waals surface area contributed by atoms with Crippen LogP contribution in [0.4, 0.5) is 11.4 Å². The molecule has 1 N–H and O–H groups in total. The largest absolute Gasteiger partial charge is 0.493 e. The van der Waals surface area contributed by atoms with E-state index in [4.69, 9.17) is 14.2 Å². The van der Waals surface area contributed by atoms with Gasteiger partial charge in [-0.15, -0.1) is 0 Å². The summed E-state index contributed by atoms with van der Waals surface area (Å²) in [5, 5.41) is 3.14. The summed E-state index contributed by atoms with van der Waals surface area (Å²) < 4.78 is 16.0. The molecule has 26 heavy (non-hydrogen) atoms. The van der Waals surface area contributed by atoms with Gasteiger partial charge in [0.05, 0.1) is 27.9 Å². The van der Waals surface area contributed by atoms with Gasteiger partial charge in [0.15, 0.2) is 11.5 Å². The molecule has 0 fully saturated rings. The lowest BCUT2D eigenvalue weighted by Gasteiger charge is -2.27. The fraction of sp³-hybridized carbons (Fsp3) is 0.350. The van der Waals surface area contributed by atoms with Crippen molar-refractivity contribution in [3.05, 3.63) is 42.5 Å². The van der Waals surface area contributed by atoms with Gasteiger partial charge in [-0.25, -0.2) is 0 Å². The van der Waals surface area contributed by atoms with Crippen LogP contribution in [-0.2, 0) is 4.79 Å². The molecule has 0 aliphatic rings. The average Bonchev–Trinajstić information content (AvgIpc) is 2.66. The zero-order chi connectivity index (χ0) is 19.1. The summed E-state index contributed by atoms with van der Waals surface area (Å²) >= 11 is 0. The first-order chi connectivity index (χ1) is 12.5. The van der Waals surface area contributed by atoms with E-state index in [0.717, 1.165) is 5.69 Å². The standard InChI is InChI=1S/C20H26N2O4/c1-14(2)22(16-9-7-6-8-10-16)19(23)13-21-15-11-17(24-3)20(26-5)18(12-15)25-4/h6-12,14,21H,13H2,1-5H3. The van der Waals surface area contributed by atoms with E-state index in [9.17, 15) is 4.79 Å². The van der Waals surface area contributed by atoms with Crippen molar-refractivity contribution < 1.29 is 19.0 Å². The van der Waals surface area contributed by atoms with Gasteiger partial charge >= 0.3 is 0 Å². The van der Waals surface area contributed by atoms with Crippen LogP contribution in [0.15, 0.2) is 42.5 Å². The normalized spacial score (nSPS) is 10.4. The van der Waals surface area contributed by atoms with Crippen LogP contribution in [0.2, 0.25) is 0 Å². The molecule has 2 aromatic carbocycles. The second-order valence-electron chi connectivity index (χ2n) is 5.96. The van der Waals surface area contributed by atoms with Gasteiger partial charge in [0.1, 0.15) is 0 Å². The van der Waals surface area contributed by atoms with E-state index in [0.29, 0.717) is 22.9 Å². The Bertz CT molecular complexity index is 707. The zero-order valence-corrected chi connectivity index (χ0v) is 15.9. The number of hydrogen-bond donors (Lipinski definition) is 1. The Kier molecular flexibility index (Phi) is 6.72. The first-order valence-electron chi connectivity index (χ1n) is 8.42. The third-order valence-electron chi connectivity index (χ3n) is 3.93. The molecule has 0 atom stereocenters. The van der Waals surface area contributed by atoms with E-state index < -0.39 is 0 Å². The fourth-order valence-electron chi connectivity index (χ4n) is 2.76. The lowest BCUT2D eigenvalue weighted by Crippen LogP contribution is -2.40. The summed E-state index contributed by atoms with van der Waals surface area (Å²) in [6.45, 7) is 4.13. The Morgan fingerprint density at radius 1 is 1.00 bits per heavy atom. The molecule has 0 unspecified atom stereocenters. The van der Waals surface area contributed by atoms with Gasteiger partial charge < -0.3 is 24.4 Å².